The van der Waals surface area contributed by atoms with Gasteiger partial charge in [0.05, 0.1) is 16.7 Å². The zero-order valence-electron chi connectivity index (χ0n) is 11.1. The van der Waals surface area contributed by atoms with Gasteiger partial charge in [0, 0.05) is 22.7 Å². The molecule has 1 amide bonds. The number of hydrogen-bond donors (Lipinski definition) is 2. The molecule has 0 heterocycles. The Morgan fingerprint density at radius 2 is 2.05 bits per heavy atom. The summed E-state index contributed by atoms with van der Waals surface area (Å²) < 4.78 is 0. The maximum atomic E-state index is 11.9. The van der Waals surface area contributed by atoms with Gasteiger partial charge < -0.3 is 5.11 Å². The van der Waals surface area contributed by atoms with E-state index in [1.165, 1.54) is 6.21 Å². The van der Waals surface area contributed by atoms with Gasteiger partial charge >= 0.3 is 0 Å². The first kappa shape index (κ1) is 15.5. The molecular formula is C14H10ClN3O4. The molecule has 0 radical (unpaired) electrons. The predicted molar refractivity (Wildman–Crippen MR) is 81.3 cm³/mol. The molecule has 2 aromatic carbocycles. The topological polar surface area (TPSA) is 105 Å². The lowest BCUT2D eigenvalue weighted by atomic mass is 10.1. The SMILES string of the molecule is O=C(N/N=C/c1ccccc1Cl)c1cc([N+](=O)[O-])ccc1O. The lowest BCUT2D eigenvalue weighted by Crippen LogP contribution is -2.18. The Labute approximate surface area is 130 Å². The minimum atomic E-state index is -0.774. The summed E-state index contributed by atoms with van der Waals surface area (Å²) in [5.74, 6) is -1.15. The fourth-order valence-corrected chi connectivity index (χ4v) is 1.80. The van der Waals surface area contributed by atoms with E-state index in [1.54, 1.807) is 24.3 Å². The Bertz CT molecular complexity index is 762. The van der Waals surface area contributed by atoms with E-state index in [0.29, 0.717) is 10.6 Å². The molecule has 0 atom stereocenters. The van der Waals surface area contributed by atoms with Crippen LogP contribution in [0, 0.1) is 10.1 Å². The van der Waals surface area contributed by atoms with E-state index in [0.717, 1.165) is 18.2 Å². The Morgan fingerprint density at radius 1 is 1.32 bits per heavy atom. The van der Waals surface area contributed by atoms with Crippen molar-refractivity contribution in [1.82, 2.24) is 5.43 Å². The minimum Gasteiger partial charge on any atom is -0.507 e. The quantitative estimate of drug-likeness (QED) is 0.513. The first-order chi connectivity index (χ1) is 10.5. The number of benzene rings is 2. The van der Waals surface area contributed by atoms with Crippen LogP contribution in [0.3, 0.4) is 0 Å². The van der Waals surface area contributed by atoms with Crippen molar-refractivity contribution < 1.29 is 14.8 Å². The van der Waals surface area contributed by atoms with Crippen LogP contribution in [0.1, 0.15) is 15.9 Å². The maximum absolute atomic E-state index is 11.9. The Kier molecular flexibility index (Phi) is 4.70. The second-order valence-corrected chi connectivity index (χ2v) is 4.59. The van der Waals surface area contributed by atoms with E-state index in [9.17, 15) is 20.0 Å². The lowest BCUT2D eigenvalue weighted by Gasteiger charge is -2.03. The minimum absolute atomic E-state index is 0.245. The Hall–Kier alpha value is -2.93. The van der Waals surface area contributed by atoms with Crippen molar-refractivity contribution in [3.05, 3.63) is 68.7 Å². The first-order valence-corrected chi connectivity index (χ1v) is 6.42. The second kappa shape index (κ2) is 6.68. The molecule has 22 heavy (non-hydrogen) atoms. The van der Waals surface area contributed by atoms with Gasteiger partial charge in [-0.15, -0.1) is 0 Å². The molecule has 8 heteroatoms. The molecule has 0 aliphatic heterocycles. The van der Waals surface area contributed by atoms with Gasteiger partial charge in [0.25, 0.3) is 11.6 Å². The van der Waals surface area contributed by atoms with Crippen LogP contribution in [0.4, 0.5) is 5.69 Å². The molecule has 2 rings (SSSR count). The summed E-state index contributed by atoms with van der Waals surface area (Å²) in [4.78, 5) is 21.9. The second-order valence-electron chi connectivity index (χ2n) is 4.18. The highest BCUT2D eigenvalue weighted by atomic mass is 35.5. The fraction of sp³-hybridized carbons (Fsp3) is 0. The van der Waals surface area contributed by atoms with Crippen LogP contribution in [0.15, 0.2) is 47.6 Å². The first-order valence-electron chi connectivity index (χ1n) is 6.04. The highest BCUT2D eigenvalue weighted by molar-refractivity contribution is 6.33. The monoisotopic (exact) mass is 319 g/mol. The molecular weight excluding hydrogens is 310 g/mol. The number of phenolic OH excluding ortho intramolecular Hbond substituents is 1. The van der Waals surface area contributed by atoms with Crippen LogP contribution in [0.5, 0.6) is 5.75 Å². The average molecular weight is 320 g/mol. The number of hydrazone groups is 1. The van der Waals surface area contributed by atoms with Crippen molar-refractivity contribution in [3.8, 4) is 5.75 Å². The van der Waals surface area contributed by atoms with Gasteiger partial charge in [0.15, 0.2) is 0 Å². The number of nitro groups is 1. The molecule has 0 fully saturated rings. The van der Waals surface area contributed by atoms with Gasteiger partial charge in [-0.3, -0.25) is 14.9 Å². The third kappa shape index (κ3) is 3.58. The zero-order chi connectivity index (χ0) is 16.1. The Balaban J connectivity index is 2.14. The fourth-order valence-electron chi connectivity index (χ4n) is 1.62. The lowest BCUT2D eigenvalue weighted by molar-refractivity contribution is -0.384. The van der Waals surface area contributed by atoms with Crippen LogP contribution >= 0.6 is 11.6 Å². The number of hydrogen-bond acceptors (Lipinski definition) is 5. The molecule has 0 saturated heterocycles. The molecule has 112 valence electrons. The van der Waals surface area contributed by atoms with Gasteiger partial charge in [0.2, 0.25) is 0 Å². The number of nitro benzene ring substituents is 1. The van der Waals surface area contributed by atoms with E-state index in [1.807, 2.05) is 0 Å². The highest BCUT2D eigenvalue weighted by Gasteiger charge is 2.15. The number of halogens is 1. The van der Waals surface area contributed by atoms with Crippen molar-refractivity contribution in [2.24, 2.45) is 5.10 Å². The van der Waals surface area contributed by atoms with Crippen LogP contribution < -0.4 is 5.43 Å². The summed E-state index contributed by atoms with van der Waals surface area (Å²) in [6, 6.07) is 10.0. The summed E-state index contributed by atoms with van der Waals surface area (Å²) in [6.45, 7) is 0. The summed E-state index contributed by atoms with van der Waals surface area (Å²) in [6.07, 6.45) is 1.33. The van der Waals surface area contributed by atoms with E-state index in [4.69, 9.17) is 11.6 Å². The zero-order valence-corrected chi connectivity index (χ0v) is 11.8. The number of nitrogens with zero attached hydrogens (tertiary/aromatic N) is 2. The molecule has 0 aliphatic rings. The van der Waals surface area contributed by atoms with E-state index >= 15 is 0 Å². The molecule has 2 N–H and O–H groups in total. The summed E-state index contributed by atoms with van der Waals surface area (Å²) in [5.41, 5.74) is 2.21. The molecule has 0 unspecified atom stereocenters. The molecule has 0 bridgehead atoms. The summed E-state index contributed by atoms with van der Waals surface area (Å²) in [5, 5.41) is 24.4. The van der Waals surface area contributed by atoms with E-state index in [-0.39, 0.29) is 17.0 Å². The van der Waals surface area contributed by atoms with Crippen molar-refractivity contribution in [2.75, 3.05) is 0 Å². The molecule has 0 aliphatic carbocycles. The molecule has 7 nitrogen and oxygen atoms in total. The largest absolute Gasteiger partial charge is 0.507 e. The standard InChI is InChI=1S/C14H10ClN3O4/c15-12-4-2-1-3-9(12)8-16-17-14(20)11-7-10(18(21)22)5-6-13(11)19/h1-8,19H,(H,17,20)/b16-8+. The predicted octanol–water partition coefficient (Wildman–Crippen LogP) is 2.72. The summed E-state index contributed by atoms with van der Waals surface area (Å²) in [7, 11) is 0. The van der Waals surface area contributed by atoms with Crippen molar-refractivity contribution in [3.63, 3.8) is 0 Å². The number of amides is 1. The molecule has 2 aromatic rings. The number of carbonyl (C=O) groups is 1. The van der Waals surface area contributed by atoms with E-state index < -0.39 is 10.8 Å². The number of aromatic hydroxyl groups is 1. The van der Waals surface area contributed by atoms with Gasteiger partial charge in [-0.25, -0.2) is 5.43 Å². The normalized spacial score (nSPS) is 10.6. The van der Waals surface area contributed by atoms with Crippen LogP contribution in [-0.2, 0) is 0 Å². The number of phenols is 1. The molecule has 0 aromatic heterocycles. The Morgan fingerprint density at radius 3 is 2.73 bits per heavy atom. The smallest absolute Gasteiger partial charge is 0.275 e. The van der Waals surface area contributed by atoms with Crippen molar-refractivity contribution >= 4 is 29.4 Å². The van der Waals surface area contributed by atoms with Crippen LogP contribution in [0.25, 0.3) is 0 Å². The van der Waals surface area contributed by atoms with E-state index in [2.05, 4.69) is 10.5 Å². The molecule has 0 spiro atoms. The van der Waals surface area contributed by atoms with Gasteiger partial charge in [-0.05, 0) is 12.1 Å². The third-order valence-electron chi connectivity index (χ3n) is 2.71. The average Bonchev–Trinajstić information content (AvgIpc) is 2.49. The van der Waals surface area contributed by atoms with Gasteiger partial charge in [0.1, 0.15) is 5.75 Å². The van der Waals surface area contributed by atoms with Crippen molar-refractivity contribution in [2.45, 2.75) is 0 Å². The van der Waals surface area contributed by atoms with Crippen LogP contribution in [-0.4, -0.2) is 22.2 Å². The van der Waals surface area contributed by atoms with Crippen LogP contribution in [0.2, 0.25) is 5.02 Å². The summed E-state index contributed by atoms with van der Waals surface area (Å²) >= 11 is 5.92. The number of rotatable bonds is 4. The highest BCUT2D eigenvalue weighted by Crippen LogP contribution is 2.22. The number of non-ortho nitro benzene ring substituents is 1. The third-order valence-corrected chi connectivity index (χ3v) is 3.05. The van der Waals surface area contributed by atoms with Gasteiger partial charge in [-0.2, -0.15) is 5.10 Å². The van der Waals surface area contributed by atoms with Gasteiger partial charge in [-0.1, -0.05) is 29.8 Å². The molecule has 0 saturated carbocycles. The van der Waals surface area contributed by atoms with Crippen molar-refractivity contribution in [1.29, 1.82) is 0 Å². The number of carbonyl (C=O) groups excluding carboxylic acids is 1. The number of nitrogens with one attached hydrogen (secondary N) is 1. The maximum Gasteiger partial charge on any atom is 0.275 e.